The van der Waals surface area contributed by atoms with Crippen molar-refractivity contribution < 1.29 is 13.2 Å². The average Bonchev–Trinajstić information content (AvgIpc) is 2.45. The third kappa shape index (κ3) is 4.46. The summed E-state index contributed by atoms with van der Waals surface area (Å²) in [6.45, 7) is 2.66. The number of nitrogens with one attached hydrogen (secondary N) is 1. The Morgan fingerprint density at radius 1 is 1.29 bits per heavy atom. The van der Waals surface area contributed by atoms with Gasteiger partial charge in [0.2, 0.25) is 15.9 Å². The topological polar surface area (TPSA) is 66.5 Å². The van der Waals surface area contributed by atoms with Crippen LogP contribution in [0.2, 0.25) is 0 Å². The number of hydrogen-bond acceptors (Lipinski definition) is 3. The number of anilines is 2. The summed E-state index contributed by atoms with van der Waals surface area (Å²) in [5.41, 5.74) is 1.28. The molecule has 0 atom stereocenters. The fourth-order valence-electron chi connectivity index (χ4n) is 2.38. The number of carbonyl (C=O) groups is 1. The zero-order chi connectivity index (χ0) is 15.3. The van der Waals surface area contributed by atoms with E-state index in [4.69, 9.17) is 0 Å². The molecule has 0 aliphatic carbocycles. The summed E-state index contributed by atoms with van der Waals surface area (Å²) in [4.78, 5) is 13.6. The molecule has 1 fully saturated rings. The van der Waals surface area contributed by atoms with Gasteiger partial charge in [0.25, 0.3) is 0 Å². The molecule has 0 saturated carbocycles. The van der Waals surface area contributed by atoms with Gasteiger partial charge in [-0.2, -0.15) is 0 Å². The fraction of sp³-hybridized carbons (Fsp3) is 0.533. The molecule has 21 heavy (non-hydrogen) atoms. The molecule has 1 aromatic carbocycles. The van der Waals surface area contributed by atoms with E-state index >= 15 is 0 Å². The molecular formula is C15H22N2O3S. The van der Waals surface area contributed by atoms with Gasteiger partial charge in [0.05, 0.1) is 11.4 Å². The maximum Gasteiger partial charge on any atom is 0.232 e. The summed E-state index contributed by atoms with van der Waals surface area (Å²) < 4.78 is 26.4. The highest BCUT2D eigenvalue weighted by atomic mass is 32.2. The Bertz CT molecular complexity index is 599. The number of amides is 1. The number of sulfonamides is 1. The summed E-state index contributed by atoms with van der Waals surface area (Å²) in [7, 11) is -3.31. The van der Waals surface area contributed by atoms with Gasteiger partial charge < -0.3 is 4.90 Å². The van der Waals surface area contributed by atoms with Crippen LogP contribution in [0.1, 0.15) is 39.0 Å². The monoisotopic (exact) mass is 310 g/mol. The minimum absolute atomic E-state index is 0.104. The predicted octanol–water partition coefficient (Wildman–Crippen LogP) is 2.75. The van der Waals surface area contributed by atoms with E-state index in [1.54, 1.807) is 23.1 Å². The first kappa shape index (κ1) is 15.8. The van der Waals surface area contributed by atoms with Gasteiger partial charge in [0.15, 0.2) is 0 Å². The first-order valence-electron chi connectivity index (χ1n) is 7.43. The van der Waals surface area contributed by atoms with Crippen LogP contribution in [0.3, 0.4) is 0 Å². The largest absolute Gasteiger partial charge is 0.312 e. The molecule has 0 unspecified atom stereocenters. The van der Waals surface area contributed by atoms with Gasteiger partial charge in [0.1, 0.15) is 0 Å². The maximum absolute atomic E-state index is 11.9. The summed E-state index contributed by atoms with van der Waals surface area (Å²) in [6.07, 6.45) is 3.95. The SMILES string of the molecule is CCCCS(=O)(=O)Nc1cccc(N2CCCCC2=O)c1. The van der Waals surface area contributed by atoms with Gasteiger partial charge in [0, 0.05) is 18.7 Å². The van der Waals surface area contributed by atoms with Crippen molar-refractivity contribution in [1.29, 1.82) is 0 Å². The average molecular weight is 310 g/mol. The second-order valence-corrected chi connectivity index (χ2v) is 7.17. The number of unbranched alkanes of at least 4 members (excludes halogenated alkanes) is 1. The molecule has 116 valence electrons. The van der Waals surface area contributed by atoms with E-state index < -0.39 is 10.0 Å². The standard InChI is InChI=1S/C15H22N2O3S/c1-2-3-11-21(19,20)16-13-7-6-8-14(12-13)17-10-5-4-9-15(17)18/h6-8,12,16H,2-5,9-11H2,1H3. The summed E-state index contributed by atoms with van der Waals surface area (Å²) in [5.74, 6) is 0.225. The minimum Gasteiger partial charge on any atom is -0.312 e. The zero-order valence-electron chi connectivity index (χ0n) is 12.3. The molecule has 6 heteroatoms. The van der Waals surface area contributed by atoms with Crippen LogP contribution >= 0.6 is 0 Å². The molecule has 1 aromatic rings. The van der Waals surface area contributed by atoms with E-state index in [2.05, 4.69) is 4.72 Å². The van der Waals surface area contributed by atoms with Crippen LogP contribution in [-0.4, -0.2) is 26.6 Å². The van der Waals surface area contributed by atoms with E-state index in [0.717, 1.165) is 24.9 Å². The number of piperidine rings is 1. The second-order valence-electron chi connectivity index (χ2n) is 5.33. The van der Waals surface area contributed by atoms with E-state index in [1.807, 2.05) is 13.0 Å². The van der Waals surface area contributed by atoms with Gasteiger partial charge in [-0.25, -0.2) is 8.42 Å². The number of nitrogens with zero attached hydrogens (tertiary/aromatic N) is 1. The summed E-state index contributed by atoms with van der Waals surface area (Å²) in [6, 6.07) is 7.05. The molecule has 1 saturated heterocycles. The number of hydrogen-bond donors (Lipinski definition) is 1. The Kier molecular flexibility index (Phi) is 5.22. The lowest BCUT2D eigenvalue weighted by Gasteiger charge is -2.27. The van der Waals surface area contributed by atoms with Crippen LogP contribution < -0.4 is 9.62 Å². The Hall–Kier alpha value is -1.56. The summed E-state index contributed by atoms with van der Waals surface area (Å²) in [5, 5.41) is 0. The fourth-order valence-corrected chi connectivity index (χ4v) is 3.64. The van der Waals surface area contributed by atoms with Crippen molar-refractivity contribution in [2.75, 3.05) is 21.9 Å². The molecule has 1 aliphatic heterocycles. The van der Waals surface area contributed by atoms with Crippen molar-refractivity contribution in [1.82, 2.24) is 0 Å². The lowest BCUT2D eigenvalue weighted by atomic mass is 10.1. The Balaban J connectivity index is 2.12. The molecule has 0 aromatic heterocycles. The molecule has 1 N–H and O–H groups in total. The van der Waals surface area contributed by atoms with Gasteiger partial charge >= 0.3 is 0 Å². The Morgan fingerprint density at radius 2 is 2.10 bits per heavy atom. The van der Waals surface area contributed by atoms with Gasteiger partial charge in [-0.15, -0.1) is 0 Å². The van der Waals surface area contributed by atoms with Gasteiger partial charge in [-0.3, -0.25) is 9.52 Å². The van der Waals surface area contributed by atoms with Crippen molar-refractivity contribution in [3.8, 4) is 0 Å². The van der Waals surface area contributed by atoms with Crippen LogP contribution in [-0.2, 0) is 14.8 Å². The molecule has 1 heterocycles. The molecule has 2 rings (SSSR count). The molecule has 5 nitrogen and oxygen atoms in total. The van der Waals surface area contributed by atoms with Gasteiger partial charge in [-0.1, -0.05) is 19.4 Å². The molecule has 0 radical (unpaired) electrons. The number of carbonyl (C=O) groups excluding carboxylic acids is 1. The first-order valence-corrected chi connectivity index (χ1v) is 9.08. The highest BCUT2D eigenvalue weighted by molar-refractivity contribution is 7.92. The third-order valence-corrected chi connectivity index (χ3v) is 4.89. The number of benzene rings is 1. The van der Waals surface area contributed by atoms with Crippen molar-refractivity contribution in [3.05, 3.63) is 24.3 Å². The molecule has 0 spiro atoms. The van der Waals surface area contributed by atoms with Crippen LogP contribution in [0.15, 0.2) is 24.3 Å². The second kappa shape index (κ2) is 6.93. The van der Waals surface area contributed by atoms with Crippen molar-refractivity contribution in [2.24, 2.45) is 0 Å². The van der Waals surface area contributed by atoms with E-state index in [0.29, 0.717) is 25.1 Å². The van der Waals surface area contributed by atoms with E-state index in [9.17, 15) is 13.2 Å². The lowest BCUT2D eigenvalue weighted by Crippen LogP contribution is -2.35. The van der Waals surface area contributed by atoms with Crippen molar-refractivity contribution in [2.45, 2.75) is 39.0 Å². The highest BCUT2D eigenvalue weighted by Gasteiger charge is 2.20. The highest BCUT2D eigenvalue weighted by Crippen LogP contribution is 2.24. The number of rotatable bonds is 6. The Morgan fingerprint density at radius 3 is 2.81 bits per heavy atom. The van der Waals surface area contributed by atoms with Crippen LogP contribution in [0.5, 0.6) is 0 Å². The smallest absolute Gasteiger partial charge is 0.232 e. The quantitative estimate of drug-likeness (QED) is 0.878. The molecule has 1 aliphatic rings. The van der Waals surface area contributed by atoms with Gasteiger partial charge in [-0.05, 0) is 37.5 Å². The molecule has 1 amide bonds. The first-order chi connectivity index (χ1) is 10.0. The van der Waals surface area contributed by atoms with Crippen molar-refractivity contribution in [3.63, 3.8) is 0 Å². The minimum atomic E-state index is -3.31. The molecular weight excluding hydrogens is 288 g/mol. The predicted molar refractivity (Wildman–Crippen MR) is 85.0 cm³/mol. The maximum atomic E-state index is 11.9. The molecule has 0 bridgehead atoms. The van der Waals surface area contributed by atoms with Crippen LogP contribution in [0.25, 0.3) is 0 Å². The summed E-state index contributed by atoms with van der Waals surface area (Å²) >= 11 is 0. The van der Waals surface area contributed by atoms with E-state index in [-0.39, 0.29) is 11.7 Å². The zero-order valence-corrected chi connectivity index (χ0v) is 13.2. The Labute approximate surface area is 126 Å². The van der Waals surface area contributed by atoms with E-state index in [1.165, 1.54) is 0 Å². The van der Waals surface area contributed by atoms with Crippen LogP contribution in [0, 0.1) is 0 Å². The van der Waals surface area contributed by atoms with Crippen molar-refractivity contribution >= 4 is 27.3 Å². The third-order valence-electron chi connectivity index (χ3n) is 3.52. The lowest BCUT2D eigenvalue weighted by molar-refractivity contribution is -0.119. The normalized spacial score (nSPS) is 16.0. The van der Waals surface area contributed by atoms with Crippen LogP contribution in [0.4, 0.5) is 11.4 Å².